The van der Waals surface area contributed by atoms with Crippen molar-refractivity contribution < 1.29 is 51.1 Å². The Labute approximate surface area is 198 Å². The van der Waals surface area contributed by atoms with Crippen LogP contribution < -0.4 is 4.74 Å². The third-order valence-electron chi connectivity index (χ3n) is 4.80. The summed E-state index contributed by atoms with van der Waals surface area (Å²) in [5, 5.41) is 77.2. The first kappa shape index (κ1) is 19.3. The second-order valence-electron chi connectivity index (χ2n) is 6.89. The molecule has 1 aliphatic heterocycles. The minimum absolute atomic E-state index is 0.0446. The Morgan fingerprint density at radius 2 is 1.66 bits per heavy atom. The number of phenolic OH excluding ortho intramolecular Hbond substituents is 5. The molecule has 0 amide bonds. The van der Waals surface area contributed by atoms with Crippen LogP contribution in [0.1, 0.15) is 45.6 Å². The average molecular weight is 491 g/mol. The van der Waals surface area contributed by atoms with Gasteiger partial charge in [-0.05, 0) is 19.0 Å². The van der Waals surface area contributed by atoms with Gasteiger partial charge in [0.25, 0.3) is 0 Å². The molecule has 0 bridgehead atoms. The summed E-state index contributed by atoms with van der Waals surface area (Å²) in [5.74, 6) is -4.16. The molecule has 11 heteroatoms. The number of aromatic hydroxyl groups is 5. The molecule has 0 spiro atoms. The smallest absolute Gasteiger partial charge is 0.200 e. The molecule has 0 fully saturated rings. The van der Waals surface area contributed by atoms with Crippen molar-refractivity contribution in [3.8, 4) is 34.5 Å². The van der Waals surface area contributed by atoms with E-state index >= 15 is 0 Å². The molecule has 8 N–H and O–H groups in total. The van der Waals surface area contributed by atoms with Gasteiger partial charge >= 0.3 is 0 Å². The number of phenols is 5. The Balaban J connectivity index is 2.32. The maximum atomic E-state index is 11.2. The zero-order chi connectivity index (χ0) is 27.0. The number of hydrogen-bond acceptors (Lipinski definition) is 11. The number of benzene rings is 2. The zero-order valence-electron chi connectivity index (χ0n) is 20.6. The molecule has 1 aliphatic rings. The maximum Gasteiger partial charge on any atom is 0.200 e. The van der Waals surface area contributed by atoms with E-state index in [1.54, 1.807) is 0 Å². The molecule has 3 rings (SSSR count). The standard InChI is InChI=1S/C21H26O9S2/c1-9(31-4-2-22)15-11(24)8-12(25)16-20(15)30-19(18(29)21(16)32-5-3-23)10-6-13(26)17(28)14(27)7-10/h6-9,18-19,21-29H,2-5H2,1H3/t9-,18+,19-,21+/m1/s1/i1D3,9D. The van der Waals surface area contributed by atoms with Crippen LogP contribution in [-0.4, -0.2) is 71.7 Å². The molecule has 0 aromatic heterocycles. The highest BCUT2D eigenvalue weighted by Crippen LogP contribution is 2.57. The van der Waals surface area contributed by atoms with Gasteiger partial charge in [-0.1, -0.05) is 0 Å². The number of ether oxygens (including phenoxy) is 1. The summed E-state index contributed by atoms with van der Waals surface area (Å²) in [6.45, 7) is -3.84. The molecule has 0 saturated heterocycles. The molecule has 32 heavy (non-hydrogen) atoms. The van der Waals surface area contributed by atoms with Gasteiger partial charge in [-0.25, -0.2) is 0 Å². The lowest BCUT2D eigenvalue weighted by Gasteiger charge is -2.38. The fraction of sp³-hybridized carbons (Fsp3) is 0.429. The second kappa shape index (κ2) is 10.2. The van der Waals surface area contributed by atoms with Gasteiger partial charge in [0.1, 0.15) is 23.4 Å². The summed E-state index contributed by atoms with van der Waals surface area (Å²) in [4.78, 5) is 0. The molecule has 2 aromatic carbocycles. The number of aliphatic hydroxyl groups is 3. The van der Waals surface area contributed by atoms with E-state index in [1.165, 1.54) is 0 Å². The predicted molar refractivity (Wildman–Crippen MR) is 121 cm³/mol. The summed E-state index contributed by atoms with van der Waals surface area (Å²) in [6.07, 6.45) is -2.94. The first-order valence-electron chi connectivity index (χ1n) is 11.4. The summed E-state index contributed by atoms with van der Waals surface area (Å²) < 4.78 is 38.7. The fourth-order valence-electron chi connectivity index (χ4n) is 3.43. The first-order chi connectivity index (χ1) is 16.8. The fourth-order valence-corrected chi connectivity index (χ4v) is 5.16. The van der Waals surface area contributed by atoms with E-state index in [2.05, 4.69) is 0 Å². The van der Waals surface area contributed by atoms with E-state index in [1.807, 2.05) is 0 Å². The Morgan fingerprint density at radius 1 is 1.00 bits per heavy atom. The minimum Gasteiger partial charge on any atom is -0.507 e. The molecule has 9 nitrogen and oxygen atoms in total. The molecule has 0 saturated carbocycles. The summed E-state index contributed by atoms with van der Waals surface area (Å²) in [5.41, 5.74) is -0.702. The summed E-state index contributed by atoms with van der Waals surface area (Å²) in [7, 11) is 0. The Hall–Kier alpha value is -2.18. The van der Waals surface area contributed by atoms with Crippen molar-refractivity contribution in [3.63, 3.8) is 0 Å². The van der Waals surface area contributed by atoms with Crippen molar-refractivity contribution in [1.82, 2.24) is 0 Å². The van der Waals surface area contributed by atoms with Gasteiger partial charge in [0, 0.05) is 39.4 Å². The van der Waals surface area contributed by atoms with Crippen LogP contribution >= 0.6 is 23.5 Å². The van der Waals surface area contributed by atoms with E-state index in [0.29, 0.717) is 11.8 Å². The molecule has 1 heterocycles. The van der Waals surface area contributed by atoms with Crippen molar-refractivity contribution >= 4 is 23.5 Å². The number of thioether (sulfide) groups is 2. The Morgan fingerprint density at radius 3 is 2.25 bits per heavy atom. The lowest BCUT2D eigenvalue weighted by atomic mass is 9.90. The normalized spacial score (nSPS) is 24.3. The van der Waals surface area contributed by atoms with Crippen molar-refractivity contribution in [3.05, 3.63) is 34.9 Å². The van der Waals surface area contributed by atoms with Crippen LogP contribution in [0.5, 0.6) is 34.5 Å². The monoisotopic (exact) mass is 490 g/mol. The van der Waals surface area contributed by atoms with Crippen molar-refractivity contribution in [2.75, 3.05) is 24.7 Å². The molecular weight excluding hydrogens is 460 g/mol. The van der Waals surface area contributed by atoms with E-state index in [9.17, 15) is 40.9 Å². The highest BCUT2D eigenvalue weighted by molar-refractivity contribution is 7.99. The number of hydrogen-bond donors (Lipinski definition) is 8. The number of aliphatic hydroxyl groups excluding tert-OH is 3. The molecule has 0 unspecified atom stereocenters. The van der Waals surface area contributed by atoms with Gasteiger partial charge in [0.15, 0.2) is 23.4 Å². The molecule has 2 aromatic rings. The van der Waals surface area contributed by atoms with Gasteiger partial charge in [0.2, 0.25) is 0 Å². The van der Waals surface area contributed by atoms with Crippen LogP contribution in [0, 0.1) is 0 Å². The van der Waals surface area contributed by atoms with Crippen LogP contribution in [-0.2, 0) is 0 Å². The van der Waals surface area contributed by atoms with Crippen LogP contribution in [0.3, 0.4) is 0 Å². The van der Waals surface area contributed by atoms with Crippen LogP contribution in [0.15, 0.2) is 18.2 Å². The van der Waals surface area contributed by atoms with Gasteiger partial charge in [-0.3, -0.25) is 0 Å². The van der Waals surface area contributed by atoms with E-state index < -0.39 is 76.2 Å². The quantitative estimate of drug-likeness (QED) is 0.255. The molecule has 176 valence electrons. The predicted octanol–water partition coefficient (Wildman–Crippen LogP) is 2.26. The average Bonchev–Trinajstić information content (AvgIpc) is 2.79. The summed E-state index contributed by atoms with van der Waals surface area (Å²) >= 11 is 1.49. The highest BCUT2D eigenvalue weighted by atomic mass is 32.2. The van der Waals surface area contributed by atoms with E-state index in [0.717, 1.165) is 30.0 Å². The van der Waals surface area contributed by atoms with Gasteiger partial charge in [0.05, 0.1) is 24.0 Å². The lowest BCUT2D eigenvalue weighted by Crippen LogP contribution is -2.34. The van der Waals surface area contributed by atoms with Crippen LogP contribution in [0.4, 0.5) is 0 Å². The first-order valence-corrected chi connectivity index (χ1v) is 11.5. The largest absolute Gasteiger partial charge is 0.507 e. The van der Waals surface area contributed by atoms with Crippen LogP contribution in [0.25, 0.3) is 0 Å². The maximum absolute atomic E-state index is 11.2. The van der Waals surface area contributed by atoms with Gasteiger partial charge in [-0.15, -0.1) is 11.8 Å². The van der Waals surface area contributed by atoms with Gasteiger partial charge in [-0.2, -0.15) is 11.8 Å². The van der Waals surface area contributed by atoms with Crippen molar-refractivity contribution in [2.24, 2.45) is 0 Å². The minimum atomic E-state index is -3.06. The second-order valence-corrected chi connectivity index (χ2v) is 9.24. The number of fused-ring (bicyclic) bond motifs is 1. The van der Waals surface area contributed by atoms with E-state index in [4.69, 9.17) is 10.2 Å². The topological polar surface area (TPSA) is 171 Å². The van der Waals surface area contributed by atoms with Gasteiger partial charge < -0.3 is 45.6 Å². The number of rotatable bonds is 8. The summed E-state index contributed by atoms with van der Waals surface area (Å²) in [6, 6.07) is 2.84. The third-order valence-corrected chi connectivity index (χ3v) is 6.97. The Kier molecular flexibility index (Phi) is 6.14. The lowest BCUT2D eigenvalue weighted by molar-refractivity contribution is 0.0165. The van der Waals surface area contributed by atoms with Crippen molar-refractivity contribution in [1.29, 1.82) is 0 Å². The van der Waals surface area contributed by atoms with Crippen molar-refractivity contribution in [2.45, 2.75) is 29.5 Å². The molecule has 0 aliphatic carbocycles. The van der Waals surface area contributed by atoms with Crippen LogP contribution in [0.2, 0.25) is 0 Å². The third kappa shape index (κ3) is 4.62. The molecule has 0 radical (unpaired) electrons. The highest BCUT2D eigenvalue weighted by Gasteiger charge is 2.43. The Bertz CT molecular complexity index is 1090. The SMILES string of the molecule is [2H]C([2H])([2H])[C@@]([2H])(SCCO)c1c(O)cc(O)c2c1O[C@H](c1cc(O)c(O)c(O)c1)[C@H](O)[C@H]2SCCO. The molecular formula is C21H26O9S2. The molecule has 4 atom stereocenters. The zero-order valence-corrected chi connectivity index (χ0v) is 18.2. The van der Waals surface area contributed by atoms with E-state index in [-0.39, 0.29) is 29.2 Å².